The number of nitro benzene ring substituents is 1. The minimum atomic E-state index is -3.35. The number of fused-ring (bicyclic) bond motifs is 1. The minimum Gasteiger partial charge on any atom is -0.868 e. The van der Waals surface area contributed by atoms with Gasteiger partial charge in [0, 0.05) is 12.1 Å². The van der Waals surface area contributed by atoms with Gasteiger partial charge in [0.2, 0.25) is 5.89 Å². The van der Waals surface area contributed by atoms with E-state index in [2.05, 4.69) is 4.98 Å². The molecule has 0 saturated carbocycles. The Balaban J connectivity index is 1.93. The van der Waals surface area contributed by atoms with Gasteiger partial charge in [-0.05, 0) is 35.6 Å². The molecule has 0 aliphatic rings. The van der Waals surface area contributed by atoms with Gasteiger partial charge in [-0.25, -0.2) is 13.4 Å². The van der Waals surface area contributed by atoms with Gasteiger partial charge in [0.1, 0.15) is 5.52 Å². The summed E-state index contributed by atoms with van der Waals surface area (Å²) in [4.78, 5) is 14.4. The van der Waals surface area contributed by atoms with Crippen molar-refractivity contribution in [1.29, 1.82) is 0 Å². The highest BCUT2D eigenvalue weighted by Crippen LogP contribution is 2.25. The first kappa shape index (κ1) is 17.6. The number of hydrogen-bond acceptors (Lipinski definition) is 7. The van der Waals surface area contributed by atoms with E-state index in [1.165, 1.54) is 36.4 Å². The van der Waals surface area contributed by atoms with Crippen LogP contribution in [0.2, 0.25) is 0 Å². The van der Waals surface area contributed by atoms with E-state index >= 15 is 0 Å². The van der Waals surface area contributed by atoms with Crippen molar-refractivity contribution in [2.75, 3.05) is 5.75 Å². The monoisotopic (exact) mass is 373 g/mol. The van der Waals surface area contributed by atoms with Crippen molar-refractivity contribution in [2.45, 2.75) is 11.8 Å². The first-order valence-corrected chi connectivity index (χ1v) is 9.22. The van der Waals surface area contributed by atoms with Crippen LogP contribution >= 0.6 is 0 Å². The third kappa shape index (κ3) is 3.42. The van der Waals surface area contributed by atoms with E-state index in [4.69, 9.17) is 4.42 Å². The maximum Gasteiger partial charge on any atom is 0.262 e. The Bertz CT molecular complexity index is 1130. The number of rotatable bonds is 5. The highest BCUT2D eigenvalue weighted by Gasteiger charge is 2.14. The van der Waals surface area contributed by atoms with Crippen LogP contribution in [0, 0.1) is 10.1 Å². The standard InChI is InChI=1S/C17H14N2O6S/c1-2-26(23,24)12-5-7-16-13(10-12)18-17(25-16)8-4-11-3-6-15(20)14(9-11)19(21)22/h3-10,20H,2H2,1H3/p-1/b8-4+. The lowest BCUT2D eigenvalue weighted by atomic mass is 10.2. The molecular weight excluding hydrogens is 360 g/mol. The van der Waals surface area contributed by atoms with Crippen molar-refractivity contribution in [1.82, 2.24) is 4.98 Å². The summed E-state index contributed by atoms with van der Waals surface area (Å²) in [6, 6.07) is 8.14. The molecule has 0 amide bonds. The molecule has 8 nitrogen and oxygen atoms in total. The van der Waals surface area contributed by atoms with E-state index in [9.17, 15) is 23.6 Å². The largest absolute Gasteiger partial charge is 0.868 e. The van der Waals surface area contributed by atoms with E-state index in [0.717, 1.165) is 12.1 Å². The molecule has 0 radical (unpaired) electrons. The second-order valence-corrected chi connectivity index (χ2v) is 7.68. The zero-order valence-corrected chi connectivity index (χ0v) is 14.4. The maximum atomic E-state index is 11.9. The molecule has 3 rings (SSSR count). The lowest BCUT2D eigenvalue weighted by Crippen LogP contribution is -2.03. The molecule has 0 unspecified atom stereocenters. The van der Waals surface area contributed by atoms with Crippen molar-refractivity contribution >= 4 is 38.8 Å². The molecule has 2 aromatic carbocycles. The number of oxazole rings is 1. The van der Waals surface area contributed by atoms with E-state index in [-0.39, 0.29) is 16.5 Å². The highest BCUT2D eigenvalue weighted by molar-refractivity contribution is 7.91. The van der Waals surface area contributed by atoms with Gasteiger partial charge >= 0.3 is 0 Å². The van der Waals surface area contributed by atoms with Crippen LogP contribution in [0.3, 0.4) is 0 Å². The molecule has 0 N–H and O–H groups in total. The van der Waals surface area contributed by atoms with Crippen LogP contribution < -0.4 is 5.11 Å². The number of nitro groups is 1. The molecule has 0 saturated heterocycles. The average molecular weight is 373 g/mol. The second-order valence-electron chi connectivity index (χ2n) is 5.40. The summed E-state index contributed by atoms with van der Waals surface area (Å²) in [5, 5.41) is 22.2. The fourth-order valence-electron chi connectivity index (χ4n) is 2.30. The zero-order valence-electron chi connectivity index (χ0n) is 13.6. The predicted octanol–water partition coefficient (Wildman–Crippen LogP) is 2.77. The van der Waals surface area contributed by atoms with Crippen molar-refractivity contribution in [3.8, 4) is 5.75 Å². The SMILES string of the molecule is CCS(=O)(=O)c1ccc2oc(/C=C/c3ccc([O-])c([N+](=O)[O-])c3)nc2c1. The lowest BCUT2D eigenvalue weighted by molar-refractivity contribution is -0.398. The average Bonchev–Trinajstić information content (AvgIpc) is 3.02. The molecular formula is C17H13N2O6S-. The zero-order chi connectivity index (χ0) is 18.9. The Morgan fingerprint density at radius 2 is 1.96 bits per heavy atom. The molecule has 0 aliphatic carbocycles. The molecule has 0 atom stereocenters. The smallest absolute Gasteiger partial charge is 0.262 e. The number of sulfone groups is 1. The lowest BCUT2D eigenvalue weighted by Gasteiger charge is -2.05. The van der Waals surface area contributed by atoms with Gasteiger partial charge in [0.05, 0.1) is 15.6 Å². The Kier molecular flexibility index (Phi) is 4.47. The highest BCUT2D eigenvalue weighted by atomic mass is 32.2. The van der Waals surface area contributed by atoms with Crippen LogP contribution in [0.1, 0.15) is 18.4 Å². The Morgan fingerprint density at radius 1 is 1.19 bits per heavy atom. The predicted molar refractivity (Wildman–Crippen MR) is 93.2 cm³/mol. The van der Waals surface area contributed by atoms with Gasteiger partial charge < -0.3 is 9.52 Å². The van der Waals surface area contributed by atoms with Crippen molar-refractivity contribution in [2.24, 2.45) is 0 Å². The van der Waals surface area contributed by atoms with Crippen LogP contribution in [0.5, 0.6) is 5.75 Å². The number of aromatic nitrogens is 1. The molecule has 0 spiro atoms. The van der Waals surface area contributed by atoms with Gasteiger partial charge in [0.15, 0.2) is 15.4 Å². The molecule has 9 heteroatoms. The summed E-state index contributed by atoms with van der Waals surface area (Å²) in [6.07, 6.45) is 3.00. The van der Waals surface area contributed by atoms with Gasteiger partial charge in [-0.1, -0.05) is 19.1 Å². The first-order chi connectivity index (χ1) is 12.3. The fraction of sp³-hybridized carbons (Fsp3) is 0.118. The van der Waals surface area contributed by atoms with E-state index in [1.54, 1.807) is 6.92 Å². The minimum absolute atomic E-state index is 0.0163. The molecule has 0 bridgehead atoms. The van der Waals surface area contributed by atoms with Crippen LogP contribution in [0.4, 0.5) is 5.69 Å². The number of nitrogens with zero attached hydrogens (tertiary/aromatic N) is 2. The molecule has 26 heavy (non-hydrogen) atoms. The molecule has 3 aromatic rings. The molecule has 134 valence electrons. The van der Waals surface area contributed by atoms with Crippen LogP contribution in [0.15, 0.2) is 45.7 Å². The third-order valence-corrected chi connectivity index (χ3v) is 5.45. The van der Waals surface area contributed by atoms with Crippen LogP contribution in [-0.4, -0.2) is 24.1 Å². The number of benzene rings is 2. The summed E-state index contributed by atoms with van der Waals surface area (Å²) in [5.41, 5.74) is 0.729. The van der Waals surface area contributed by atoms with Gasteiger partial charge in [-0.15, -0.1) is 0 Å². The Hall–Kier alpha value is -3.20. The quantitative estimate of drug-likeness (QED) is 0.497. The molecule has 1 heterocycles. The van der Waals surface area contributed by atoms with Crippen molar-refractivity contribution < 1.29 is 22.9 Å². The topological polar surface area (TPSA) is 126 Å². The van der Waals surface area contributed by atoms with Gasteiger partial charge in [0.25, 0.3) is 5.69 Å². The van der Waals surface area contributed by atoms with E-state index in [1.807, 2.05) is 0 Å². The normalized spacial score (nSPS) is 12.0. The summed E-state index contributed by atoms with van der Waals surface area (Å²) >= 11 is 0. The van der Waals surface area contributed by atoms with E-state index < -0.39 is 26.2 Å². The van der Waals surface area contributed by atoms with Gasteiger partial charge in [-0.2, -0.15) is 0 Å². The van der Waals surface area contributed by atoms with Crippen LogP contribution in [0.25, 0.3) is 23.3 Å². The molecule has 0 fully saturated rings. The van der Waals surface area contributed by atoms with Crippen molar-refractivity contribution in [3.63, 3.8) is 0 Å². The molecule has 0 aliphatic heterocycles. The molecule has 1 aromatic heterocycles. The van der Waals surface area contributed by atoms with E-state index in [0.29, 0.717) is 16.7 Å². The maximum absolute atomic E-state index is 11.9. The summed E-state index contributed by atoms with van der Waals surface area (Å²) in [7, 11) is -3.35. The summed E-state index contributed by atoms with van der Waals surface area (Å²) in [5.74, 6) is -0.476. The van der Waals surface area contributed by atoms with Crippen LogP contribution in [-0.2, 0) is 9.84 Å². The first-order valence-electron chi connectivity index (χ1n) is 7.57. The summed E-state index contributed by atoms with van der Waals surface area (Å²) < 4.78 is 29.4. The van der Waals surface area contributed by atoms with Crippen molar-refractivity contribution in [3.05, 3.63) is 58.0 Å². The summed E-state index contributed by atoms with van der Waals surface area (Å²) in [6.45, 7) is 1.56. The third-order valence-electron chi connectivity index (χ3n) is 3.71. The fourth-order valence-corrected chi connectivity index (χ4v) is 3.20. The Labute approximate surface area is 148 Å². The second kappa shape index (κ2) is 6.60. The number of hydrogen-bond donors (Lipinski definition) is 0. The Morgan fingerprint density at radius 3 is 2.65 bits per heavy atom. The van der Waals surface area contributed by atoms with Gasteiger partial charge in [-0.3, -0.25) is 10.1 Å².